The maximum Gasteiger partial charge on any atom is 0.0741 e. The molecule has 0 fully saturated rings. The van der Waals surface area contributed by atoms with Crippen molar-refractivity contribution in [3.05, 3.63) is 0 Å². The van der Waals surface area contributed by atoms with Crippen LogP contribution in [0.3, 0.4) is 0 Å². The van der Waals surface area contributed by atoms with Crippen molar-refractivity contribution >= 4 is 11.8 Å². The second-order valence-electron chi connectivity index (χ2n) is 4.98. The molecule has 0 amide bonds. The molecule has 0 aliphatic carbocycles. The Kier molecular flexibility index (Phi) is 7.66. The van der Waals surface area contributed by atoms with Gasteiger partial charge in [-0.15, -0.1) is 0 Å². The van der Waals surface area contributed by atoms with Gasteiger partial charge in [0.1, 0.15) is 0 Å². The fraction of sp³-hybridized carbons (Fsp3) is 1.00. The SMILES string of the molecule is CC(C)C(C)SCCCCC(C)(O)CN. The Morgan fingerprint density at radius 3 is 2.33 bits per heavy atom. The molecular weight excluding hydrogens is 206 g/mol. The summed E-state index contributed by atoms with van der Waals surface area (Å²) in [5.74, 6) is 1.95. The fourth-order valence-electron chi connectivity index (χ4n) is 1.17. The highest BCUT2D eigenvalue weighted by atomic mass is 32.2. The summed E-state index contributed by atoms with van der Waals surface area (Å²) in [5, 5.41) is 10.4. The van der Waals surface area contributed by atoms with Gasteiger partial charge in [0, 0.05) is 11.8 Å². The Bertz CT molecular complexity index is 160. The van der Waals surface area contributed by atoms with Crippen molar-refractivity contribution in [3.63, 3.8) is 0 Å². The number of rotatable bonds is 8. The van der Waals surface area contributed by atoms with Crippen molar-refractivity contribution in [2.45, 2.75) is 57.8 Å². The van der Waals surface area contributed by atoms with Crippen LogP contribution in [0.1, 0.15) is 47.0 Å². The third kappa shape index (κ3) is 8.12. The number of hydrogen-bond donors (Lipinski definition) is 2. The van der Waals surface area contributed by atoms with Crippen LogP contribution in [0.5, 0.6) is 0 Å². The molecule has 0 saturated carbocycles. The molecular formula is C12H27NOS. The number of unbranched alkanes of at least 4 members (excludes halogenated alkanes) is 1. The van der Waals surface area contributed by atoms with Crippen LogP contribution in [0, 0.1) is 5.92 Å². The zero-order chi connectivity index (χ0) is 11.9. The normalized spacial score (nSPS) is 17.8. The second kappa shape index (κ2) is 7.53. The molecule has 3 heteroatoms. The molecule has 2 nitrogen and oxygen atoms in total. The van der Waals surface area contributed by atoms with Crippen LogP contribution in [-0.4, -0.2) is 28.3 Å². The van der Waals surface area contributed by atoms with Crippen molar-refractivity contribution in [2.75, 3.05) is 12.3 Å². The van der Waals surface area contributed by atoms with Crippen LogP contribution in [0.15, 0.2) is 0 Å². The number of nitrogens with two attached hydrogens (primary N) is 1. The van der Waals surface area contributed by atoms with Crippen LogP contribution >= 0.6 is 11.8 Å². The van der Waals surface area contributed by atoms with Crippen molar-refractivity contribution in [1.29, 1.82) is 0 Å². The molecule has 0 aromatic heterocycles. The Labute approximate surface area is 99.0 Å². The molecule has 0 aromatic carbocycles. The van der Waals surface area contributed by atoms with E-state index in [0.29, 0.717) is 6.54 Å². The first-order chi connectivity index (χ1) is 6.89. The van der Waals surface area contributed by atoms with Gasteiger partial charge >= 0.3 is 0 Å². The van der Waals surface area contributed by atoms with Gasteiger partial charge in [-0.3, -0.25) is 0 Å². The molecule has 2 unspecified atom stereocenters. The molecule has 0 spiro atoms. The first-order valence-corrected chi connectivity index (χ1v) is 6.98. The minimum Gasteiger partial charge on any atom is -0.389 e. The molecule has 2 atom stereocenters. The van der Waals surface area contributed by atoms with Gasteiger partial charge in [-0.05, 0) is 37.9 Å². The maximum atomic E-state index is 9.69. The third-order valence-electron chi connectivity index (χ3n) is 2.87. The molecule has 3 N–H and O–H groups in total. The van der Waals surface area contributed by atoms with Gasteiger partial charge in [0.2, 0.25) is 0 Å². The van der Waals surface area contributed by atoms with E-state index in [0.717, 1.165) is 24.0 Å². The van der Waals surface area contributed by atoms with Gasteiger partial charge in [0.15, 0.2) is 0 Å². The van der Waals surface area contributed by atoms with Crippen LogP contribution < -0.4 is 5.73 Å². The van der Waals surface area contributed by atoms with Crippen LogP contribution in [0.25, 0.3) is 0 Å². The standard InChI is InChI=1S/C12H27NOS/c1-10(2)11(3)15-8-6-5-7-12(4,14)9-13/h10-11,14H,5-9,13H2,1-4H3. The van der Waals surface area contributed by atoms with Gasteiger partial charge in [-0.25, -0.2) is 0 Å². The summed E-state index contributed by atoms with van der Waals surface area (Å²) in [5.41, 5.74) is 4.80. The minimum absolute atomic E-state index is 0.364. The molecule has 0 aliphatic heterocycles. The lowest BCUT2D eigenvalue weighted by molar-refractivity contribution is 0.0577. The summed E-state index contributed by atoms with van der Waals surface area (Å²) < 4.78 is 0. The van der Waals surface area contributed by atoms with Gasteiger partial charge in [-0.2, -0.15) is 11.8 Å². The lowest BCUT2D eigenvalue weighted by Crippen LogP contribution is -2.33. The molecule has 0 bridgehead atoms. The lowest BCUT2D eigenvalue weighted by atomic mass is 10.00. The molecule has 0 radical (unpaired) electrons. The lowest BCUT2D eigenvalue weighted by Gasteiger charge is -2.21. The van der Waals surface area contributed by atoms with E-state index in [9.17, 15) is 5.11 Å². The fourth-order valence-corrected chi connectivity index (χ4v) is 2.30. The first-order valence-electron chi connectivity index (χ1n) is 5.93. The molecule has 92 valence electrons. The first kappa shape index (κ1) is 15.3. The van der Waals surface area contributed by atoms with Gasteiger partial charge in [0.25, 0.3) is 0 Å². The summed E-state index contributed by atoms with van der Waals surface area (Å²) >= 11 is 2.03. The number of aliphatic hydroxyl groups is 1. The average molecular weight is 233 g/mol. The van der Waals surface area contributed by atoms with E-state index in [2.05, 4.69) is 20.8 Å². The zero-order valence-electron chi connectivity index (χ0n) is 10.6. The molecule has 0 heterocycles. The predicted molar refractivity (Wildman–Crippen MR) is 70.3 cm³/mol. The van der Waals surface area contributed by atoms with Crippen LogP contribution in [0.2, 0.25) is 0 Å². The highest BCUT2D eigenvalue weighted by Gasteiger charge is 2.16. The van der Waals surface area contributed by atoms with E-state index in [1.807, 2.05) is 18.7 Å². The number of thioether (sulfide) groups is 1. The predicted octanol–water partition coefficient (Wildman–Crippen LogP) is 2.64. The average Bonchev–Trinajstić information content (AvgIpc) is 2.16. The highest BCUT2D eigenvalue weighted by Crippen LogP contribution is 2.21. The van der Waals surface area contributed by atoms with E-state index in [-0.39, 0.29) is 0 Å². The molecule has 0 saturated heterocycles. The molecule has 0 aromatic rings. The Morgan fingerprint density at radius 2 is 1.87 bits per heavy atom. The van der Waals surface area contributed by atoms with E-state index in [4.69, 9.17) is 5.73 Å². The van der Waals surface area contributed by atoms with Crippen LogP contribution in [0.4, 0.5) is 0 Å². The Hall–Kier alpha value is 0.270. The summed E-state index contributed by atoms with van der Waals surface area (Å²) in [6, 6.07) is 0. The summed E-state index contributed by atoms with van der Waals surface area (Å²) in [7, 11) is 0. The second-order valence-corrected chi connectivity index (χ2v) is 6.46. The van der Waals surface area contributed by atoms with Gasteiger partial charge in [0.05, 0.1) is 5.60 Å². The van der Waals surface area contributed by atoms with E-state index in [1.165, 1.54) is 12.2 Å². The largest absolute Gasteiger partial charge is 0.389 e. The Balaban J connectivity index is 3.40. The third-order valence-corrected chi connectivity index (χ3v) is 4.46. The Morgan fingerprint density at radius 1 is 1.27 bits per heavy atom. The maximum absolute atomic E-state index is 9.69. The van der Waals surface area contributed by atoms with Crippen molar-refractivity contribution in [1.82, 2.24) is 0 Å². The topological polar surface area (TPSA) is 46.2 Å². The van der Waals surface area contributed by atoms with Gasteiger partial charge < -0.3 is 10.8 Å². The molecule has 0 rings (SSSR count). The minimum atomic E-state index is -0.658. The smallest absolute Gasteiger partial charge is 0.0741 e. The van der Waals surface area contributed by atoms with Gasteiger partial charge in [-0.1, -0.05) is 20.8 Å². The zero-order valence-corrected chi connectivity index (χ0v) is 11.4. The van der Waals surface area contributed by atoms with E-state index >= 15 is 0 Å². The number of hydrogen-bond acceptors (Lipinski definition) is 3. The summed E-state index contributed by atoms with van der Waals surface area (Å²) in [4.78, 5) is 0. The monoisotopic (exact) mass is 233 g/mol. The quantitative estimate of drug-likeness (QED) is 0.634. The van der Waals surface area contributed by atoms with Crippen molar-refractivity contribution in [2.24, 2.45) is 11.7 Å². The molecule has 0 aliphatic rings. The van der Waals surface area contributed by atoms with Crippen LogP contribution in [-0.2, 0) is 0 Å². The summed E-state index contributed by atoms with van der Waals surface area (Å²) in [6.07, 6.45) is 3.07. The molecule has 15 heavy (non-hydrogen) atoms. The van der Waals surface area contributed by atoms with Crippen molar-refractivity contribution < 1.29 is 5.11 Å². The van der Waals surface area contributed by atoms with Crippen molar-refractivity contribution in [3.8, 4) is 0 Å². The highest BCUT2D eigenvalue weighted by molar-refractivity contribution is 7.99. The van der Waals surface area contributed by atoms with E-state index < -0.39 is 5.60 Å². The van der Waals surface area contributed by atoms with E-state index in [1.54, 1.807) is 0 Å². The summed E-state index contributed by atoms with van der Waals surface area (Å²) in [6.45, 7) is 8.98.